The van der Waals surface area contributed by atoms with Crippen molar-refractivity contribution in [2.24, 2.45) is 0 Å². The summed E-state index contributed by atoms with van der Waals surface area (Å²) in [6, 6.07) is 6.89. The van der Waals surface area contributed by atoms with Gasteiger partial charge in [0.25, 0.3) is 0 Å². The molecular formula is C26H36N6O3. The number of urea groups is 1. The Morgan fingerprint density at radius 1 is 1.06 bits per heavy atom. The van der Waals surface area contributed by atoms with Gasteiger partial charge in [-0.05, 0) is 76.5 Å². The van der Waals surface area contributed by atoms with Crippen LogP contribution in [0, 0.1) is 0 Å². The van der Waals surface area contributed by atoms with Crippen molar-refractivity contribution < 1.29 is 14.3 Å². The predicted octanol–water partition coefficient (Wildman–Crippen LogP) is 4.14. The van der Waals surface area contributed by atoms with Crippen LogP contribution in [0.1, 0.15) is 67.1 Å². The normalized spacial score (nSPS) is 19.3. The van der Waals surface area contributed by atoms with Crippen LogP contribution in [0.3, 0.4) is 0 Å². The Morgan fingerprint density at radius 2 is 1.80 bits per heavy atom. The molecule has 0 aliphatic heterocycles. The van der Waals surface area contributed by atoms with E-state index in [-0.39, 0.29) is 18.1 Å². The second-order valence-corrected chi connectivity index (χ2v) is 9.49. The van der Waals surface area contributed by atoms with E-state index in [0.717, 1.165) is 44.3 Å². The number of aromatic nitrogens is 2. The Morgan fingerprint density at radius 3 is 2.54 bits per heavy atom. The number of carbonyl (C=O) groups is 2. The molecule has 1 aromatic heterocycles. The van der Waals surface area contributed by atoms with Crippen molar-refractivity contribution in [2.45, 2.75) is 70.4 Å². The molecule has 1 aromatic carbocycles. The van der Waals surface area contributed by atoms with Gasteiger partial charge in [-0.25, -0.2) is 14.6 Å². The smallest absolute Gasteiger partial charge is 0.338 e. The number of ether oxygens (including phenoxy) is 1. The standard InChI is InChI=1S/C26H36N6O3/c1-4-35-24(33)17-8-7-9-20(16-17)29-26(34)28-19-14-12-18(13-15-19)27-25-30-22-11-6-5-10-21(22)23(31-25)32(2)3/h7-9,16,18-19H,4-6,10-15H2,1-3H3,(H,27,30,31)(H2,28,29,34). The molecule has 2 aliphatic rings. The van der Waals surface area contributed by atoms with E-state index in [0.29, 0.717) is 23.8 Å². The summed E-state index contributed by atoms with van der Waals surface area (Å²) in [5, 5.41) is 9.43. The van der Waals surface area contributed by atoms with Gasteiger partial charge in [0.15, 0.2) is 0 Å². The number of anilines is 3. The van der Waals surface area contributed by atoms with E-state index in [9.17, 15) is 9.59 Å². The zero-order chi connectivity index (χ0) is 24.8. The van der Waals surface area contributed by atoms with Crippen LogP contribution >= 0.6 is 0 Å². The summed E-state index contributed by atoms with van der Waals surface area (Å²) in [6.07, 6.45) is 8.06. The Hall–Kier alpha value is -3.36. The third kappa shape index (κ3) is 6.41. The monoisotopic (exact) mass is 480 g/mol. The molecule has 4 rings (SSSR count). The topological polar surface area (TPSA) is 108 Å². The van der Waals surface area contributed by atoms with Crippen molar-refractivity contribution >= 4 is 29.5 Å². The second-order valence-electron chi connectivity index (χ2n) is 9.49. The number of nitrogens with zero attached hydrogens (tertiary/aromatic N) is 3. The molecule has 0 radical (unpaired) electrons. The van der Waals surface area contributed by atoms with E-state index in [1.54, 1.807) is 31.2 Å². The SMILES string of the molecule is CCOC(=O)c1cccc(NC(=O)NC2CCC(Nc3nc4c(c(N(C)C)n3)CCCC4)CC2)c1. The highest BCUT2D eigenvalue weighted by molar-refractivity contribution is 5.94. The van der Waals surface area contributed by atoms with Crippen LogP contribution in [0.2, 0.25) is 0 Å². The zero-order valence-corrected chi connectivity index (χ0v) is 20.9. The fraction of sp³-hybridized carbons (Fsp3) is 0.538. The molecule has 0 atom stereocenters. The van der Waals surface area contributed by atoms with Gasteiger partial charge >= 0.3 is 12.0 Å². The van der Waals surface area contributed by atoms with E-state index < -0.39 is 5.97 Å². The van der Waals surface area contributed by atoms with Gasteiger partial charge in [-0.3, -0.25) is 0 Å². The van der Waals surface area contributed by atoms with Crippen LogP contribution in [-0.4, -0.2) is 54.8 Å². The minimum Gasteiger partial charge on any atom is -0.462 e. The first kappa shape index (κ1) is 24.8. The molecule has 0 bridgehead atoms. The van der Waals surface area contributed by atoms with Crippen LogP contribution in [-0.2, 0) is 17.6 Å². The van der Waals surface area contributed by atoms with Crippen LogP contribution in [0.4, 0.5) is 22.2 Å². The van der Waals surface area contributed by atoms with E-state index in [4.69, 9.17) is 14.7 Å². The Balaban J connectivity index is 1.28. The maximum atomic E-state index is 12.5. The van der Waals surface area contributed by atoms with Crippen molar-refractivity contribution in [1.29, 1.82) is 0 Å². The molecule has 2 aliphatic carbocycles. The number of carbonyl (C=O) groups excluding carboxylic acids is 2. The summed E-state index contributed by atoms with van der Waals surface area (Å²) in [7, 11) is 4.08. The minimum absolute atomic E-state index is 0.100. The summed E-state index contributed by atoms with van der Waals surface area (Å²) in [6.45, 7) is 2.07. The van der Waals surface area contributed by atoms with E-state index in [2.05, 4.69) is 20.9 Å². The van der Waals surface area contributed by atoms with Gasteiger partial charge in [0.2, 0.25) is 5.95 Å². The molecule has 35 heavy (non-hydrogen) atoms. The summed E-state index contributed by atoms with van der Waals surface area (Å²) in [4.78, 5) is 36.2. The molecule has 9 heteroatoms. The zero-order valence-electron chi connectivity index (χ0n) is 20.9. The lowest BCUT2D eigenvalue weighted by atomic mass is 9.91. The lowest BCUT2D eigenvalue weighted by Crippen LogP contribution is -2.42. The molecule has 0 unspecified atom stereocenters. The molecule has 1 heterocycles. The van der Waals surface area contributed by atoms with E-state index in [1.807, 2.05) is 14.1 Å². The largest absolute Gasteiger partial charge is 0.462 e. The first-order chi connectivity index (χ1) is 16.9. The number of fused-ring (bicyclic) bond motifs is 1. The Bertz CT molecular complexity index is 1050. The van der Waals surface area contributed by atoms with Crippen molar-refractivity contribution in [3.8, 4) is 0 Å². The van der Waals surface area contributed by atoms with E-state index >= 15 is 0 Å². The molecule has 9 nitrogen and oxygen atoms in total. The number of benzene rings is 1. The maximum absolute atomic E-state index is 12.5. The summed E-state index contributed by atoms with van der Waals surface area (Å²) >= 11 is 0. The van der Waals surface area contributed by atoms with Crippen molar-refractivity contribution in [3.05, 3.63) is 41.1 Å². The number of amides is 2. The maximum Gasteiger partial charge on any atom is 0.338 e. The predicted molar refractivity (Wildman–Crippen MR) is 137 cm³/mol. The van der Waals surface area contributed by atoms with Gasteiger partial charge in [-0.2, -0.15) is 4.98 Å². The van der Waals surface area contributed by atoms with Crippen molar-refractivity contribution in [3.63, 3.8) is 0 Å². The van der Waals surface area contributed by atoms with Crippen LogP contribution in [0.5, 0.6) is 0 Å². The summed E-state index contributed by atoms with van der Waals surface area (Å²) in [5.74, 6) is 1.34. The summed E-state index contributed by atoms with van der Waals surface area (Å²) in [5.41, 5.74) is 3.44. The van der Waals surface area contributed by atoms with Crippen LogP contribution in [0.25, 0.3) is 0 Å². The quantitative estimate of drug-likeness (QED) is 0.511. The van der Waals surface area contributed by atoms with E-state index in [1.165, 1.54) is 24.1 Å². The third-order valence-corrected chi connectivity index (χ3v) is 6.61. The summed E-state index contributed by atoms with van der Waals surface area (Å²) < 4.78 is 5.02. The van der Waals surface area contributed by atoms with Gasteiger partial charge in [0, 0.05) is 37.4 Å². The molecule has 3 N–H and O–H groups in total. The fourth-order valence-corrected chi connectivity index (χ4v) is 4.86. The van der Waals surface area contributed by atoms with Gasteiger partial charge in [0.05, 0.1) is 17.9 Å². The molecule has 2 aromatic rings. The lowest BCUT2D eigenvalue weighted by molar-refractivity contribution is 0.0526. The minimum atomic E-state index is -0.400. The molecule has 0 spiro atoms. The fourth-order valence-electron chi connectivity index (χ4n) is 4.86. The highest BCUT2D eigenvalue weighted by Crippen LogP contribution is 2.29. The lowest BCUT2D eigenvalue weighted by Gasteiger charge is -2.30. The first-order valence-electron chi connectivity index (χ1n) is 12.6. The highest BCUT2D eigenvalue weighted by Gasteiger charge is 2.25. The Kier molecular flexibility index (Phi) is 8.05. The third-order valence-electron chi connectivity index (χ3n) is 6.61. The van der Waals surface area contributed by atoms with Crippen molar-refractivity contribution in [2.75, 3.05) is 36.2 Å². The molecule has 2 amide bonds. The second kappa shape index (κ2) is 11.4. The van der Waals surface area contributed by atoms with Gasteiger partial charge < -0.3 is 25.6 Å². The van der Waals surface area contributed by atoms with Crippen molar-refractivity contribution in [1.82, 2.24) is 15.3 Å². The number of hydrogen-bond donors (Lipinski definition) is 3. The molecule has 1 saturated carbocycles. The number of aryl methyl sites for hydroxylation is 1. The average molecular weight is 481 g/mol. The number of rotatable bonds is 7. The molecule has 0 saturated heterocycles. The molecule has 188 valence electrons. The van der Waals surface area contributed by atoms with Gasteiger partial charge in [0.1, 0.15) is 5.82 Å². The first-order valence-corrected chi connectivity index (χ1v) is 12.6. The van der Waals surface area contributed by atoms with Crippen LogP contribution in [0.15, 0.2) is 24.3 Å². The number of hydrogen-bond acceptors (Lipinski definition) is 7. The number of nitrogens with one attached hydrogen (secondary N) is 3. The Labute approximate surface area is 207 Å². The highest BCUT2D eigenvalue weighted by atomic mass is 16.5. The average Bonchev–Trinajstić information content (AvgIpc) is 2.85. The molecular weight excluding hydrogens is 444 g/mol. The van der Waals surface area contributed by atoms with Gasteiger partial charge in [-0.1, -0.05) is 6.07 Å². The molecule has 1 fully saturated rings. The van der Waals surface area contributed by atoms with Gasteiger partial charge in [-0.15, -0.1) is 0 Å². The van der Waals surface area contributed by atoms with Crippen LogP contribution < -0.4 is 20.9 Å². The number of esters is 1.